The molecule has 0 aliphatic rings. The number of nitrogens with zero attached hydrogens (tertiary/aromatic N) is 1. The summed E-state index contributed by atoms with van der Waals surface area (Å²) in [6, 6.07) is 9.44. The van der Waals surface area contributed by atoms with Gasteiger partial charge in [0, 0.05) is 11.1 Å². The van der Waals surface area contributed by atoms with Crippen LogP contribution in [0.1, 0.15) is 30.5 Å². The smallest absolute Gasteiger partial charge is 0.100 e. The fourth-order valence-electron chi connectivity index (χ4n) is 1.95. The van der Waals surface area contributed by atoms with Crippen molar-refractivity contribution in [1.82, 2.24) is 0 Å². The Hall–Kier alpha value is -2.45. The van der Waals surface area contributed by atoms with Crippen LogP contribution in [0.2, 0.25) is 0 Å². The van der Waals surface area contributed by atoms with Crippen molar-refractivity contribution in [2.24, 2.45) is 0 Å². The van der Waals surface area contributed by atoms with E-state index in [0.29, 0.717) is 16.8 Å². The Balaban J connectivity index is 0.000000771. The molecule has 0 unspecified atom stereocenters. The largest absolute Gasteiger partial charge is 0.399 e. The number of aryl methyl sites for hydroxylation is 1. The molecule has 2 rings (SSSR count). The molecule has 0 radical (unpaired) electrons. The van der Waals surface area contributed by atoms with E-state index >= 15 is 0 Å². The van der Waals surface area contributed by atoms with Gasteiger partial charge in [-0.1, -0.05) is 25.8 Å². The lowest BCUT2D eigenvalue weighted by Gasteiger charge is -2.07. The van der Waals surface area contributed by atoms with Gasteiger partial charge in [-0.3, -0.25) is 0 Å². The van der Waals surface area contributed by atoms with Crippen LogP contribution in [-0.2, 0) is 0 Å². The molecule has 2 heteroatoms. The summed E-state index contributed by atoms with van der Waals surface area (Å²) >= 11 is 0. The number of terminal acetylenes is 1. The van der Waals surface area contributed by atoms with E-state index in [2.05, 4.69) is 12.0 Å². The van der Waals surface area contributed by atoms with Gasteiger partial charge in [0.05, 0.1) is 11.1 Å². The van der Waals surface area contributed by atoms with Crippen molar-refractivity contribution >= 4 is 16.5 Å². The highest BCUT2D eigenvalue weighted by Gasteiger charge is 2.08. The monoisotopic (exact) mass is 236 g/mol. The number of hydrogen-bond donors (Lipinski definition) is 1. The lowest BCUT2D eigenvalue weighted by atomic mass is 9.96. The highest BCUT2D eigenvalue weighted by Crippen LogP contribution is 2.27. The molecular weight excluding hydrogens is 220 g/mol. The maximum absolute atomic E-state index is 8.98. The number of anilines is 1. The molecule has 0 heterocycles. The van der Waals surface area contributed by atoms with E-state index in [0.717, 1.165) is 16.3 Å². The van der Waals surface area contributed by atoms with Crippen molar-refractivity contribution in [2.75, 3.05) is 5.73 Å². The average molecular weight is 236 g/mol. The van der Waals surface area contributed by atoms with Crippen LogP contribution in [0.15, 0.2) is 24.3 Å². The third-order valence-corrected chi connectivity index (χ3v) is 2.60. The Labute approximate surface area is 108 Å². The number of hydrogen-bond acceptors (Lipinski definition) is 2. The first kappa shape index (κ1) is 13.6. The van der Waals surface area contributed by atoms with Gasteiger partial charge in [-0.15, -0.1) is 6.42 Å². The minimum Gasteiger partial charge on any atom is -0.399 e. The maximum Gasteiger partial charge on any atom is 0.100 e. The van der Waals surface area contributed by atoms with Crippen LogP contribution >= 0.6 is 0 Å². The van der Waals surface area contributed by atoms with E-state index in [4.69, 9.17) is 17.4 Å². The molecule has 0 atom stereocenters. The summed E-state index contributed by atoms with van der Waals surface area (Å²) in [5, 5.41) is 10.9. The molecule has 0 aromatic heterocycles. The van der Waals surface area contributed by atoms with E-state index in [-0.39, 0.29) is 0 Å². The molecule has 0 saturated carbocycles. The molecular formula is C16H16N2. The van der Waals surface area contributed by atoms with Crippen LogP contribution in [-0.4, -0.2) is 0 Å². The minimum absolute atomic E-state index is 0.530. The van der Waals surface area contributed by atoms with Gasteiger partial charge in [0.1, 0.15) is 6.07 Å². The Kier molecular flexibility index (Phi) is 4.35. The number of fused-ring (bicyclic) bond motifs is 1. The predicted molar refractivity (Wildman–Crippen MR) is 77.1 cm³/mol. The first-order chi connectivity index (χ1) is 8.67. The molecule has 0 amide bonds. The Bertz CT molecular complexity index is 655. The van der Waals surface area contributed by atoms with Gasteiger partial charge in [-0.25, -0.2) is 0 Å². The van der Waals surface area contributed by atoms with Crippen molar-refractivity contribution in [2.45, 2.75) is 20.8 Å². The molecule has 0 aliphatic carbocycles. The quantitative estimate of drug-likeness (QED) is 0.561. The van der Waals surface area contributed by atoms with Crippen molar-refractivity contribution in [3.05, 3.63) is 41.0 Å². The van der Waals surface area contributed by atoms with Crippen LogP contribution in [0, 0.1) is 30.6 Å². The zero-order valence-corrected chi connectivity index (χ0v) is 10.9. The lowest BCUT2D eigenvalue weighted by molar-refractivity contribution is 1.47. The number of rotatable bonds is 0. The minimum atomic E-state index is 0.530. The zero-order chi connectivity index (χ0) is 13.7. The van der Waals surface area contributed by atoms with Crippen molar-refractivity contribution in [3.8, 4) is 18.4 Å². The first-order valence-corrected chi connectivity index (χ1v) is 5.87. The maximum atomic E-state index is 8.98. The molecule has 0 bridgehead atoms. The summed E-state index contributed by atoms with van der Waals surface area (Å²) in [5.74, 6) is 2.59. The second-order valence-electron chi connectivity index (χ2n) is 3.68. The van der Waals surface area contributed by atoms with Gasteiger partial charge in [-0.05, 0) is 36.1 Å². The first-order valence-electron chi connectivity index (χ1n) is 5.87. The van der Waals surface area contributed by atoms with Gasteiger partial charge in [0.25, 0.3) is 0 Å². The van der Waals surface area contributed by atoms with Crippen LogP contribution in [0.5, 0.6) is 0 Å². The molecule has 18 heavy (non-hydrogen) atoms. The highest BCUT2D eigenvalue weighted by molar-refractivity contribution is 5.94. The molecule has 2 aromatic rings. The van der Waals surface area contributed by atoms with Crippen LogP contribution < -0.4 is 5.73 Å². The predicted octanol–water partition coefficient (Wildman–Crippen LogP) is 3.61. The number of nitrogens with two attached hydrogens (primary N) is 1. The van der Waals surface area contributed by atoms with E-state index < -0.39 is 0 Å². The SMILES string of the molecule is C#Cc1c(C#N)ccc2cc(N)cc(C)c12.CC. The Morgan fingerprint density at radius 1 is 1.22 bits per heavy atom. The van der Waals surface area contributed by atoms with Gasteiger partial charge < -0.3 is 5.73 Å². The topological polar surface area (TPSA) is 49.8 Å². The van der Waals surface area contributed by atoms with Crippen LogP contribution in [0.25, 0.3) is 10.8 Å². The van der Waals surface area contributed by atoms with E-state index in [9.17, 15) is 0 Å². The Morgan fingerprint density at radius 2 is 1.89 bits per heavy atom. The third kappa shape index (κ3) is 2.29. The van der Waals surface area contributed by atoms with Gasteiger partial charge in [0.15, 0.2) is 0 Å². The summed E-state index contributed by atoms with van der Waals surface area (Å²) in [4.78, 5) is 0. The normalized spacial score (nSPS) is 8.94. The van der Waals surface area contributed by atoms with Gasteiger partial charge in [-0.2, -0.15) is 5.26 Å². The molecule has 0 fully saturated rings. The molecule has 0 saturated heterocycles. The van der Waals surface area contributed by atoms with E-state index in [1.807, 2.05) is 39.0 Å². The van der Waals surface area contributed by atoms with E-state index in [1.54, 1.807) is 6.07 Å². The second-order valence-corrected chi connectivity index (χ2v) is 3.68. The fourth-order valence-corrected chi connectivity index (χ4v) is 1.95. The van der Waals surface area contributed by atoms with Gasteiger partial charge >= 0.3 is 0 Å². The lowest BCUT2D eigenvalue weighted by Crippen LogP contribution is -1.92. The Morgan fingerprint density at radius 3 is 2.44 bits per heavy atom. The average Bonchev–Trinajstić information content (AvgIpc) is 2.39. The third-order valence-electron chi connectivity index (χ3n) is 2.60. The summed E-state index contributed by atoms with van der Waals surface area (Å²) in [6.07, 6.45) is 5.47. The van der Waals surface area contributed by atoms with Crippen molar-refractivity contribution in [1.29, 1.82) is 5.26 Å². The standard InChI is InChI=1S/C14H10N2.C2H6/c1-3-13-11(8-15)5-4-10-7-12(16)6-9(2)14(10)13;1-2/h1,4-7H,16H2,2H3;1-2H3. The summed E-state index contributed by atoms with van der Waals surface area (Å²) in [5.41, 5.74) is 8.66. The molecule has 0 spiro atoms. The molecule has 0 aliphatic heterocycles. The van der Waals surface area contributed by atoms with Crippen LogP contribution in [0.4, 0.5) is 5.69 Å². The summed E-state index contributed by atoms with van der Waals surface area (Å²) in [6.45, 7) is 5.95. The molecule has 2 nitrogen and oxygen atoms in total. The summed E-state index contributed by atoms with van der Waals surface area (Å²) in [7, 11) is 0. The number of benzene rings is 2. The zero-order valence-electron chi connectivity index (χ0n) is 10.9. The van der Waals surface area contributed by atoms with Crippen molar-refractivity contribution in [3.63, 3.8) is 0 Å². The molecule has 90 valence electrons. The van der Waals surface area contributed by atoms with E-state index in [1.165, 1.54) is 0 Å². The second kappa shape index (κ2) is 5.75. The van der Waals surface area contributed by atoms with Crippen molar-refractivity contribution < 1.29 is 0 Å². The fraction of sp³-hybridized carbons (Fsp3) is 0.188. The molecule has 2 aromatic carbocycles. The number of nitrogen functional groups attached to an aromatic ring is 1. The summed E-state index contributed by atoms with van der Waals surface area (Å²) < 4.78 is 0. The number of nitriles is 1. The van der Waals surface area contributed by atoms with Gasteiger partial charge in [0.2, 0.25) is 0 Å². The van der Waals surface area contributed by atoms with Crippen LogP contribution in [0.3, 0.4) is 0 Å². The molecule has 2 N–H and O–H groups in total. The highest BCUT2D eigenvalue weighted by atomic mass is 14.5.